The summed E-state index contributed by atoms with van der Waals surface area (Å²) < 4.78 is 0. The monoisotopic (exact) mass is 1200 g/mol. The van der Waals surface area contributed by atoms with E-state index in [1.54, 1.807) is 36.4 Å². The van der Waals surface area contributed by atoms with Crippen LogP contribution in [0.5, 0.6) is 46.0 Å². The third-order valence-electron chi connectivity index (χ3n) is 20.4. The molecule has 1 unspecified atom stereocenters. The molecular weight excluding hydrogens is 1110 g/mol. The van der Waals surface area contributed by atoms with E-state index in [4.69, 9.17) is 0 Å². The van der Waals surface area contributed by atoms with Gasteiger partial charge in [0, 0.05) is 32.4 Å². The minimum absolute atomic E-state index is 0.0483. The molecule has 466 valence electrons. The summed E-state index contributed by atoms with van der Waals surface area (Å²) in [4.78, 5) is 0. The van der Waals surface area contributed by atoms with Crippen LogP contribution in [-0.4, -0.2) is 40.9 Å². The fourth-order valence-electron chi connectivity index (χ4n) is 15.7. The first-order valence-electron chi connectivity index (χ1n) is 32.0. The maximum atomic E-state index is 11.9. The summed E-state index contributed by atoms with van der Waals surface area (Å²) in [5, 5.41) is 95.8. The Bertz CT molecular complexity index is 3980. The van der Waals surface area contributed by atoms with Gasteiger partial charge < -0.3 is 40.9 Å². The van der Waals surface area contributed by atoms with Crippen LogP contribution in [0.3, 0.4) is 0 Å². The summed E-state index contributed by atoms with van der Waals surface area (Å²) in [7, 11) is 0. The number of benzene rings is 10. The molecule has 10 aromatic rings. The number of hydrogen-bond donors (Lipinski definition) is 8. The fourth-order valence-corrected chi connectivity index (χ4v) is 15.7. The van der Waals surface area contributed by atoms with Crippen molar-refractivity contribution in [2.24, 2.45) is 5.41 Å². The molecular formula is C82H90O8. The van der Waals surface area contributed by atoms with Crippen LogP contribution in [0.1, 0.15) is 206 Å². The number of fused-ring (bicyclic) bond motifs is 2. The van der Waals surface area contributed by atoms with Crippen LogP contribution in [-0.2, 0) is 21.7 Å². The minimum atomic E-state index is -0.988. The van der Waals surface area contributed by atoms with Crippen molar-refractivity contribution in [3.05, 3.63) is 261 Å². The first-order chi connectivity index (χ1) is 42.6. The molecule has 0 aliphatic heterocycles. The second-order valence-electron chi connectivity index (χ2n) is 28.0. The molecule has 8 N–H and O–H groups in total. The number of rotatable bonds is 21. The minimum Gasteiger partial charge on any atom is -0.508 e. The van der Waals surface area contributed by atoms with Gasteiger partial charge in [-0.05, 0) is 212 Å². The molecule has 0 heterocycles. The van der Waals surface area contributed by atoms with Gasteiger partial charge in [-0.15, -0.1) is 0 Å². The standard InChI is InChI=1S/C82H90O8/c1-50(2)66-45-60(85)31-33-72(66)81(12,73-34-32-61(86)46-67(73)51(3)4)49-82(42-41-78(9,54-21-27-58(83)28-22-54)55-23-29-59(84)30-24-55,47-79(10,56-25-37-76(89)68(43-56)52(5)6)57-26-38-77(90)69(44-57)53(7)8)48-80(11,70-35-39-74(87)64-19-15-13-17-62(64)70)71-36-40-75(88)65-20-16-14-18-63(65)71/h13-40,43-46,50-53,83-90H,41-42,47-49H2,1-12H3. The molecule has 10 aromatic carbocycles. The van der Waals surface area contributed by atoms with E-state index in [9.17, 15) is 40.9 Å². The molecule has 0 aliphatic carbocycles. The lowest BCUT2D eigenvalue weighted by molar-refractivity contribution is 0.100. The third kappa shape index (κ3) is 12.1. The van der Waals surface area contributed by atoms with Crippen molar-refractivity contribution < 1.29 is 40.9 Å². The number of aromatic hydroxyl groups is 8. The molecule has 8 nitrogen and oxygen atoms in total. The van der Waals surface area contributed by atoms with Gasteiger partial charge in [0.1, 0.15) is 46.0 Å². The quantitative estimate of drug-likeness (QED) is 0.0353. The highest BCUT2D eigenvalue weighted by atomic mass is 16.3. The smallest absolute Gasteiger partial charge is 0.123 e. The maximum Gasteiger partial charge on any atom is 0.123 e. The predicted octanol–water partition coefficient (Wildman–Crippen LogP) is 20.4. The molecule has 0 aliphatic rings. The molecule has 1 atom stereocenters. The Kier molecular flexibility index (Phi) is 17.7. The highest BCUT2D eigenvalue weighted by Crippen LogP contribution is 2.62. The van der Waals surface area contributed by atoms with Crippen molar-refractivity contribution in [3.63, 3.8) is 0 Å². The Balaban J connectivity index is 1.43. The lowest BCUT2D eigenvalue weighted by Gasteiger charge is -2.53. The van der Waals surface area contributed by atoms with E-state index >= 15 is 0 Å². The summed E-state index contributed by atoms with van der Waals surface area (Å²) in [6, 6.07) is 62.6. The van der Waals surface area contributed by atoms with E-state index in [1.165, 1.54) is 0 Å². The normalized spacial score (nSPS) is 13.3. The van der Waals surface area contributed by atoms with Gasteiger partial charge in [-0.1, -0.05) is 204 Å². The number of hydrogen-bond acceptors (Lipinski definition) is 8. The van der Waals surface area contributed by atoms with E-state index in [2.05, 4.69) is 144 Å². The molecule has 10 rings (SSSR count). The molecule has 0 radical (unpaired) electrons. The fraction of sp³-hybridized carbons (Fsp3) is 0.317. The summed E-state index contributed by atoms with van der Waals surface area (Å²) >= 11 is 0. The van der Waals surface area contributed by atoms with Crippen molar-refractivity contribution >= 4 is 21.5 Å². The average Bonchev–Trinajstić information content (AvgIpc) is 0.734. The van der Waals surface area contributed by atoms with Gasteiger partial charge in [0.2, 0.25) is 0 Å². The summed E-state index contributed by atoms with van der Waals surface area (Å²) in [5.74, 6) is 1.11. The van der Waals surface area contributed by atoms with Crippen LogP contribution in [0.15, 0.2) is 194 Å². The van der Waals surface area contributed by atoms with Gasteiger partial charge in [-0.3, -0.25) is 0 Å². The molecule has 0 amide bonds. The van der Waals surface area contributed by atoms with Crippen LogP contribution in [0.2, 0.25) is 0 Å². The van der Waals surface area contributed by atoms with Gasteiger partial charge in [0.05, 0.1) is 0 Å². The van der Waals surface area contributed by atoms with E-state index in [1.807, 2.05) is 97.1 Å². The molecule has 0 spiro atoms. The lowest BCUT2D eigenvalue weighted by atomic mass is 9.50. The van der Waals surface area contributed by atoms with Gasteiger partial charge in [-0.25, -0.2) is 0 Å². The van der Waals surface area contributed by atoms with Crippen LogP contribution >= 0.6 is 0 Å². The van der Waals surface area contributed by atoms with Gasteiger partial charge in [-0.2, -0.15) is 0 Å². The second-order valence-corrected chi connectivity index (χ2v) is 28.0. The van der Waals surface area contributed by atoms with Gasteiger partial charge in [0.15, 0.2) is 0 Å². The molecule has 90 heavy (non-hydrogen) atoms. The Morgan fingerprint density at radius 3 is 0.956 bits per heavy atom. The van der Waals surface area contributed by atoms with Crippen molar-refractivity contribution in [1.82, 2.24) is 0 Å². The number of phenols is 8. The summed E-state index contributed by atoms with van der Waals surface area (Å²) in [5.41, 5.74) is 6.89. The van der Waals surface area contributed by atoms with Crippen LogP contribution in [0.4, 0.5) is 0 Å². The molecule has 0 bridgehead atoms. The van der Waals surface area contributed by atoms with Crippen LogP contribution in [0.25, 0.3) is 21.5 Å². The first kappa shape index (κ1) is 64.1. The molecule has 0 saturated carbocycles. The molecule has 0 fully saturated rings. The van der Waals surface area contributed by atoms with Crippen molar-refractivity contribution in [2.75, 3.05) is 0 Å². The van der Waals surface area contributed by atoms with E-state index < -0.39 is 27.1 Å². The van der Waals surface area contributed by atoms with Gasteiger partial charge >= 0.3 is 0 Å². The third-order valence-corrected chi connectivity index (χ3v) is 20.4. The summed E-state index contributed by atoms with van der Waals surface area (Å²) in [6.45, 7) is 26.3. The van der Waals surface area contributed by atoms with E-state index in [-0.39, 0.29) is 69.7 Å². The van der Waals surface area contributed by atoms with Gasteiger partial charge in [0.25, 0.3) is 0 Å². The average molecular weight is 1200 g/mol. The zero-order valence-electron chi connectivity index (χ0n) is 54.4. The van der Waals surface area contributed by atoms with E-state index in [0.717, 1.165) is 77.5 Å². The molecule has 0 saturated heterocycles. The topological polar surface area (TPSA) is 162 Å². The zero-order valence-corrected chi connectivity index (χ0v) is 54.4. The second kappa shape index (κ2) is 24.8. The lowest BCUT2D eigenvalue weighted by Crippen LogP contribution is -2.45. The van der Waals surface area contributed by atoms with Crippen LogP contribution in [0, 0.1) is 5.41 Å². The van der Waals surface area contributed by atoms with E-state index in [0.29, 0.717) is 42.9 Å². The zero-order chi connectivity index (χ0) is 64.8. The maximum absolute atomic E-state index is 11.9. The molecule has 0 aromatic heterocycles. The number of phenolic OH excluding ortho intramolecular Hbond substituents is 8. The van der Waals surface area contributed by atoms with Crippen molar-refractivity contribution in [1.29, 1.82) is 0 Å². The Hall–Kier alpha value is -8.88. The van der Waals surface area contributed by atoms with Crippen molar-refractivity contribution in [3.8, 4) is 46.0 Å². The largest absolute Gasteiger partial charge is 0.508 e. The Labute approximate surface area is 532 Å². The molecule has 8 heteroatoms. The van der Waals surface area contributed by atoms with Crippen molar-refractivity contribution in [2.45, 2.75) is 161 Å². The van der Waals surface area contributed by atoms with Crippen LogP contribution < -0.4 is 0 Å². The Morgan fingerprint density at radius 1 is 0.267 bits per heavy atom. The summed E-state index contributed by atoms with van der Waals surface area (Å²) in [6.07, 6.45) is 2.39. The first-order valence-corrected chi connectivity index (χ1v) is 32.0. The SMILES string of the molecule is CC(C)c1cc(C(C)(CC(CCC(C)(c2ccc(O)cc2)c2ccc(O)cc2)(CC(C)(c2ccc(O)cc2C(C)C)c2ccc(O)cc2C(C)C)CC(C)(c2ccc(O)c3ccccc23)c2ccc(O)c3ccccc23)c2ccc(O)c(C(C)C)c2)ccc1O. The predicted molar refractivity (Wildman–Crippen MR) is 368 cm³/mol. The Morgan fingerprint density at radius 2 is 0.578 bits per heavy atom. The highest BCUT2D eigenvalue weighted by molar-refractivity contribution is 5.95. The highest BCUT2D eigenvalue weighted by Gasteiger charge is 2.52.